The zero-order valence-electron chi connectivity index (χ0n) is 13.3. The number of likely N-dealkylation sites (tertiary alicyclic amines) is 1. The third-order valence-electron chi connectivity index (χ3n) is 4.23. The van der Waals surface area contributed by atoms with E-state index >= 15 is 0 Å². The molecule has 2 amide bonds. The minimum Gasteiger partial charge on any atom is -0.384 e. The molecule has 3 N–H and O–H groups in total. The number of nitrogens with zero attached hydrogens (tertiary/aromatic N) is 2. The first-order chi connectivity index (χ1) is 11.6. The highest BCUT2D eigenvalue weighted by Crippen LogP contribution is 2.21. The molecular weight excluding hydrogens is 304 g/mol. The van der Waals surface area contributed by atoms with E-state index in [0.717, 1.165) is 0 Å². The molecule has 0 radical (unpaired) electrons. The first-order valence-electron chi connectivity index (χ1n) is 8.00. The highest BCUT2D eigenvalue weighted by Gasteiger charge is 2.27. The summed E-state index contributed by atoms with van der Waals surface area (Å²) < 4.78 is 0. The lowest BCUT2D eigenvalue weighted by atomic mass is 9.95. The summed E-state index contributed by atoms with van der Waals surface area (Å²) in [5.41, 5.74) is 6.85. The molecule has 0 saturated carbocycles. The molecule has 1 aromatic carbocycles. The molecule has 24 heavy (non-hydrogen) atoms. The van der Waals surface area contributed by atoms with E-state index in [9.17, 15) is 9.59 Å². The van der Waals surface area contributed by atoms with Crippen molar-refractivity contribution in [2.45, 2.75) is 12.8 Å². The Morgan fingerprint density at radius 1 is 1.08 bits per heavy atom. The fraction of sp³-hybridized carbons (Fsp3) is 0.278. The van der Waals surface area contributed by atoms with Crippen LogP contribution in [0.25, 0.3) is 0 Å². The Hall–Kier alpha value is -2.89. The van der Waals surface area contributed by atoms with Gasteiger partial charge >= 0.3 is 0 Å². The number of rotatable bonds is 3. The molecule has 1 aliphatic heterocycles. The van der Waals surface area contributed by atoms with E-state index < -0.39 is 0 Å². The Labute approximate surface area is 140 Å². The van der Waals surface area contributed by atoms with Crippen molar-refractivity contribution in [3.8, 4) is 0 Å². The minimum absolute atomic E-state index is 0.0252. The second kappa shape index (κ2) is 7.12. The van der Waals surface area contributed by atoms with Gasteiger partial charge in [-0.05, 0) is 37.1 Å². The maximum absolute atomic E-state index is 12.4. The number of hydrogen-bond donors (Lipinski definition) is 2. The number of nitrogens with one attached hydrogen (secondary N) is 1. The third-order valence-corrected chi connectivity index (χ3v) is 4.23. The van der Waals surface area contributed by atoms with Gasteiger partial charge in [0.1, 0.15) is 5.82 Å². The molecule has 6 nitrogen and oxygen atoms in total. The van der Waals surface area contributed by atoms with E-state index in [0.29, 0.717) is 43.0 Å². The molecule has 1 aliphatic rings. The molecule has 0 aliphatic carbocycles. The van der Waals surface area contributed by atoms with E-state index in [1.54, 1.807) is 18.3 Å². The molecule has 0 spiro atoms. The van der Waals surface area contributed by atoms with Crippen LogP contribution >= 0.6 is 0 Å². The molecule has 0 atom stereocenters. The highest BCUT2D eigenvalue weighted by molar-refractivity contribution is 5.95. The number of carbonyl (C=O) groups is 2. The molecule has 3 rings (SSSR count). The molecule has 1 aromatic heterocycles. The first kappa shape index (κ1) is 16.0. The van der Waals surface area contributed by atoms with Crippen molar-refractivity contribution in [1.82, 2.24) is 9.88 Å². The minimum atomic E-state index is -0.0950. The van der Waals surface area contributed by atoms with Crippen molar-refractivity contribution in [2.75, 3.05) is 24.1 Å². The summed E-state index contributed by atoms with van der Waals surface area (Å²) in [4.78, 5) is 30.5. The Balaban J connectivity index is 1.54. The molecule has 1 fully saturated rings. The molecule has 1 saturated heterocycles. The van der Waals surface area contributed by atoms with Crippen LogP contribution in [-0.4, -0.2) is 34.8 Å². The number of amides is 2. The summed E-state index contributed by atoms with van der Waals surface area (Å²) in [7, 11) is 0. The van der Waals surface area contributed by atoms with E-state index in [-0.39, 0.29) is 17.7 Å². The van der Waals surface area contributed by atoms with Crippen LogP contribution in [0.3, 0.4) is 0 Å². The third kappa shape index (κ3) is 3.71. The normalized spacial score (nSPS) is 15.1. The lowest BCUT2D eigenvalue weighted by molar-refractivity contribution is -0.121. The standard InChI is InChI=1S/C18H20N4O2/c19-16-7-6-15(12-20-16)21-17(23)13-8-10-22(11-9-13)18(24)14-4-2-1-3-5-14/h1-7,12-13H,8-11H2,(H2,19,20)(H,21,23). The maximum atomic E-state index is 12.4. The SMILES string of the molecule is Nc1ccc(NC(=O)C2CCN(C(=O)c3ccccc3)CC2)cn1. The van der Waals surface area contributed by atoms with Crippen molar-refractivity contribution < 1.29 is 9.59 Å². The number of piperidine rings is 1. The van der Waals surface area contributed by atoms with Gasteiger partial charge in [0.25, 0.3) is 5.91 Å². The van der Waals surface area contributed by atoms with Crippen molar-refractivity contribution in [3.05, 3.63) is 54.2 Å². The van der Waals surface area contributed by atoms with Gasteiger partial charge < -0.3 is 16.0 Å². The molecule has 2 aromatic rings. The van der Waals surface area contributed by atoms with Gasteiger partial charge in [0.15, 0.2) is 0 Å². The second-order valence-electron chi connectivity index (χ2n) is 5.89. The van der Waals surface area contributed by atoms with Crippen LogP contribution in [0.4, 0.5) is 11.5 Å². The van der Waals surface area contributed by atoms with Gasteiger partial charge in [-0.2, -0.15) is 0 Å². The Kier molecular flexibility index (Phi) is 4.74. The average molecular weight is 324 g/mol. The fourth-order valence-electron chi connectivity index (χ4n) is 2.83. The van der Waals surface area contributed by atoms with Crippen LogP contribution in [0.2, 0.25) is 0 Å². The van der Waals surface area contributed by atoms with E-state index in [1.807, 2.05) is 35.2 Å². The molecule has 0 unspecified atom stereocenters. The summed E-state index contributed by atoms with van der Waals surface area (Å²) in [6.45, 7) is 1.18. The monoisotopic (exact) mass is 324 g/mol. The van der Waals surface area contributed by atoms with Crippen molar-refractivity contribution in [2.24, 2.45) is 5.92 Å². The Morgan fingerprint density at radius 3 is 2.42 bits per heavy atom. The number of nitrogens with two attached hydrogens (primary N) is 1. The van der Waals surface area contributed by atoms with Crippen molar-refractivity contribution in [3.63, 3.8) is 0 Å². The van der Waals surface area contributed by atoms with Crippen molar-refractivity contribution in [1.29, 1.82) is 0 Å². The van der Waals surface area contributed by atoms with Gasteiger partial charge in [0.2, 0.25) is 5.91 Å². The van der Waals surface area contributed by atoms with Crippen LogP contribution in [0, 0.1) is 5.92 Å². The largest absolute Gasteiger partial charge is 0.384 e. The number of anilines is 2. The Morgan fingerprint density at radius 2 is 1.79 bits per heavy atom. The van der Waals surface area contributed by atoms with Crippen LogP contribution in [0.15, 0.2) is 48.7 Å². The van der Waals surface area contributed by atoms with E-state index in [2.05, 4.69) is 10.3 Å². The van der Waals surface area contributed by atoms with Gasteiger partial charge in [0.05, 0.1) is 11.9 Å². The number of aromatic nitrogens is 1. The lowest BCUT2D eigenvalue weighted by Crippen LogP contribution is -2.41. The average Bonchev–Trinajstić information content (AvgIpc) is 2.64. The summed E-state index contributed by atoms with van der Waals surface area (Å²) in [5.74, 6) is 0.314. The predicted octanol–water partition coefficient (Wildman–Crippen LogP) is 2.15. The molecular formula is C18H20N4O2. The summed E-state index contributed by atoms with van der Waals surface area (Å²) in [6, 6.07) is 12.6. The number of hydrogen-bond acceptors (Lipinski definition) is 4. The maximum Gasteiger partial charge on any atom is 0.253 e. The number of benzene rings is 1. The topological polar surface area (TPSA) is 88.3 Å². The van der Waals surface area contributed by atoms with E-state index in [1.165, 1.54) is 0 Å². The smallest absolute Gasteiger partial charge is 0.253 e. The molecule has 2 heterocycles. The summed E-state index contributed by atoms with van der Waals surface area (Å²) >= 11 is 0. The van der Waals surface area contributed by atoms with Gasteiger partial charge in [-0.25, -0.2) is 4.98 Å². The van der Waals surface area contributed by atoms with Gasteiger partial charge in [-0.3, -0.25) is 9.59 Å². The first-order valence-corrected chi connectivity index (χ1v) is 8.00. The summed E-state index contributed by atoms with van der Waals surface area (Å²) in [5, 5.41) is 2.85. The lowest BCUT2D eigenvalue weighted by Gasteiger charge is -2.31. The fourth-order valence-corrected chi connectivity index (χ4v) is 2.83. The predicted molar refractivity (Wildman–Crippen MR) is 92.3 cm³/mol. The zero-order valence-corrected chi connectivity index (χ0v) is 13.3. The Bertz CT molecular complexity index is 708. The van der Waals surface area contributed by atoms with Gasteiger partial charge in [0, 0.05) is 24.6 Å². The van der Waals surface area contributed by atoms with Crippen LogP contribution < -0.4 is 11.1 Å². The summed E-state index contributed by atoms with van der Waals surface area (Å²) in [6.07, 6.45) is 2.86. The second-order valence-corrected chi connectivity index (χ2v) is 5.89. The molecule has 0 bridgehead atoms. The van der Waals surface area contributed by atoms with Crippen LogP contribution in [0.1, 0.15) is 23.2 Å². The van der Waals surface area contributed by atoms with Gasteiger partial charge in [-0.15, -0.1) is 0 Å². The van der Waals surface area contributed by atoms with E-state index in [4.69, 9.17) is 5.73 Å². The molecule has 124 valence electrons. The number of carbonyl (C=O) groups excluding carboxylic acids is 2. The zero-order chi connectivity index (χ0) is 16.9. The number of nitrogen functional groups attached to an aromatic ring is 1. The quantitative estimate of drug-likeness (QED) is 0.905. The van der Waals surface area contributed by atoms with Crippen LogP contribution in [-0.2, 0) is 4.79 Å². The highest BCUT2D eigenvalue weighted by atomic mass is 16.2. The number of pyridine rings is 1. The van der Waals surface area contributed by atoms with Gasteiger partial charge in [-0.1, -0.05) is 18.2 Å². The van der Waals surface area contributed by atoms with Crippen LogP contribution in [0.5, 0.6) is 0 Å². The van der Waals surface area contributed by atoms with Crippen molar-refractivity contribution >= 4 is 23.3 Å². The molecule has 6 heteroatoms.